The molecule has 3 aliphatic rings. The lowest BCUT2D eigenvalue weighted by Gasteiger charge is -2.42. The fraction of sp³-hybridized carbons (Fsp3) is 0.536. The van der Waals surface area contributed by atoms with E-state index in [9.17, 15) is 23.5 Å². The van der Waals surface area contributed by atoms with Gasteiger partial charge in [0.25, 0.3) is 0 Å². The van der Waals surface area contributed by atoms with Crippen LogP contribution in [0.25, 0.3) is 0 Å². The molecular formula is C28H32F3N3O2. The van der Waals surface area contributed by atoms with E-state index in [1.807, 2.05) is 12.1 Å². The maximum absolute atomic E-state index is 13.6. The van der Waals surface area contributed by atoms with Crippen LogP contribution in [0.1, 0.15) is 42.4 Å². The van der Waals surface area contributed by atoms with Gasteiger partial charge in [-0.2, -0.15) is 18.4 Å². The van der Waals surface area contributed by atoms with Gasteiger partial charge in [-0.15, -0.1) is 0 Å². The van der Waals surface area contributed by atoms with Gasteiger partial charge in [0.1, 0.15) is 5.75 Å². The third-order valence-electron chi connectivity index (χ3n) is 8.14. The molecule has 2 heterocycles. The topological polar surface area (TPSA) is 59.7 Å². The summed E-state index contributed by atoms with van der Waals surface area (Å²) in [5, 5.41) is 19.0. The van der Waals surface area contributed by atoms with Crippen molar-refractivity contribution in [1.29, 1.82) is 5.26 Å². The number of rotatable bonds is 7. The predicted octanol–water partition coefficient (Wildman–Crippen LogP) is 5.43. The molecule has 1 saturated carbocycles. The van der Waals surface area contributed by atoms with Crippen LogP contribution in [0.3, 0.4) is 0 Å². The molecule has 5 rings (SSSR count). The standard InChI is InChI=1S/C28H32F3N3O2/c29-28(30,31)26-13-24(7-6-22(26)14-32)34-16-23(18-36-17-20-4-5-20)27(19-34)8-10-33(11-9-27)15-21-2-1-3-25(35)12-21/h1-3,6-7,12-13,20,23,35H,4-5,8-11,15-19H2. The number of nitriles is 1. The number of nitrogens with zero attached hydrogens (tertiary/aromatic N) is 3. The van der Waals surface area contributed by atoms with E-state index in [0.717, 1.165) is 50.7 Å². The average molecular weight is 500 g/mol. The Morgan fingerprint density at radius 1 is 1.08 bits per heavy atom. The highest BCUT2D eigenvalue weighted by atomic mass is 19.4. The number of benzene rings is 2. The fourth-order valence-corrected chi connectivity index (χ4v) is 5.82. The number of alkyl halides is 3. The Kier molecular flexibility index (Phi) is 6.88. The lowest BCUT2D eigenvalue weighted by atomic mass is 9.71. The summed E-state index contributed by atoms with van der Waals surface area (Å²) >= 11 is 0. The summed E-state index contributed by atoms with van der Waals surface area (Å²) in [6, 6.07) is 13.1. The summed E-state index contributed by atoms with van der Waals surface area (Å²) in [4.78, 5) is 4.45. The molecule has 36 heavy (non-hydrogen) atoms. The Hall–Kier alpha value is -2.76. The van der Waals surface area contributed by atoms with Crippen LogP contribution in [0.15, 0.2) is 42.5 Å². The summed E-state index contributed by atoms with van der Waals surface area (Å²) in [6.07, 6.45) is -0.235. The van der Waals surface area contributed by atoms with Crippen molar-refractivity contribution in [2.75, 3.05) is 44.3 Å². The molecule has 5 nitrogen and oxygen atoms in total. The van der Waals surface area contributed by atoms with Gasteiger partial charge in [-0.25, -0.2) is 0 Å². The molecule has 1 spiro atoms. The summed E-state index contributed by atoms with van der Waals surface area (Å²) in [6.45, 7) is 5.29. The normalized spacial score (nSPS) is 22.2. The van der Waals surface area contributed by atoms with Gasteiger partial charge in [0.2, 0.25) is 0 Å². The zero-order chi connectivity index (χ0) is 25.3. The molecule has 2 aromatic carbocycles. The van der Waals surface area contributed by atoms with Gasteiger partial charge in [0, 0.05) is 37.8 Å². The Balaban J connectivity index is 1.32. The highest BCUT2D eigenvalue weighted by Crippen LogP contribution is 2.47. The average Bonchev–Trinajstić information content (AvgIpc) is 3.61. The van der Waals surface area contributed by atoms with Crippen molar-refractivity contribution in [1.82, 2.24) is 4.90 Å². The van der Waals surface area contributed by atoms with Crippen molar-refractivity contribution < 1.29 is 23.0 Å². The number of hydrogen-bond acceptors (Lipinski definition) is 5. The number of anilines is 1. The molecule has 0 amide bonds. The second-order valence-corrected chi connectivity index (χ2v) is 10.7. The first kappa shape index (κ1) is 24.9. The number of hydrogen-bond donors (Lipinski definition) is 1. The number of phenolic OH excluding ortho intramolecular Hbond substituents is 1. The second-order valence-electron chi connectivity index (χ2n) is 10.7. The van der Waals surface area contributed by atoms with Crippen molar-refractivity contribution in [3.05, 3.63) is 59.2 Å². The highest BCUT2D eigenvalue weighted by molar-refractivity contribution is 5.56. The molecule has 2 saturated heterocycles. The van der Waals surface area contributed by atoms with Crippen molar-refractivity contribution >= 4 is 5.69 Å². The van der Waals surface area contributed by atoms with E-state index in [4.69, 9.17) is 4.74 Å². The molecular weight excluding hydrogens is 467 g/mol. The predicted molar refractivity (Wildman–Crippen MR) is 130 cm³/mol. The van der Waals surface area contributed by atoms with E-state index in [1.54, 1.807) is 24.3 Å². The molecule has 0 bridgehead atoms. The van der Waals surface area contributed by atoms with Gasteiger partial charge in [-0.05, 0) is 86.0 Å². The molecule has 2 aromatic rings. The molecule has 0 aromatic heterocycles. The molecule has 0 radical (unpaired) electrons. The van der Waals surface area contributed by atoms with E-state index in [1.165, 1.54) is 18.9 Å². The van der Waals surface area contributed by atoms with Crippen molar-refractivity contribution in [2.24, 2.45) is 17.3 Å². The van der Waals surface area contributed by atoms with Crippen molar-refractivity contribution in [3.63, 3.8) is 0 Å². The van der Waals surface area contributed by atoms with E-state index >= 15 is 0 Å². The Morgan fingerprint density at radius 3 is 2.53 bits per heavy atom. The molecule has 1 aliphatic carbocycles. The largest absolute Gasteiger partial charge is 0.508 e. The Morgan fingerprint density at radius 2 is 1.86 bits per heavy atom. The van der Waals surface area contributed by atoms with Crippen LogP contribution in [0, 0.1) is 28.6 Å². The van der Waals surface area contributed by atoms with Crippen LogP contribution in [0.4, 0.5) is 18.9 Å². The molecule has 2 aliphatic heterocycles. The minimum absolute atomic E-state index is 0.0226. The monoisotopic (exact) mass is 499 g/mol. The minimum Gasteiger partial charge on any atom is -0.508 e. The van der Waals surface area contributed by atoms with Crippen molar-refractivity contribution in [3.8, 4) is 11.8 Å². The molecule has 192 valence electrons. The number of piperidine rings is 1. The quantitative estimate of drug-likeness (QED) is 0.551. The summed E-state index contributed by atoms with van der Waals surface area (Å²) in [5.74, 6) is 1.17. The second kappa shape index (κ2) is 9.95. The van der Waals surface area contributed by atoms with Crippen LogP contribution < -0.4 is 4.90 Å². The Bertz CT molecular complexity index is 1120. The number of likely N-dealkylation sites (tertiary alicyclic amines) is 1. The van der Waals surface area contributed by atoms with Gasteiger partial charge in [-0.3, -0.25) is 4.90 Å². The first-order chi connectivity index (χ1) is 17.3. The van der Waals surface area contributed by atoms with E-state index < -0.39 is 11.7 Å². The molecule has 1 unspecified atom stereocenters. The zero-order valence-corrected chi connectivity index (χ0v) is 20.3. The first-order valence-electron chi connectivity index (χ1n) is 12.7. The summed E-state index contributed by atoms with van der Waals surface area (Å²) in [5.41, 5.74) is 0.356. The van der Waals surface area contributed by atoms with E-state index in [-0.39, 0.29) is 22.6 Å². The van der Waals surface area contributed by atoms with E-state index in [2.05, 4.69) is 9.80 Å². The van der Waals surface area contributed by atoms with Gasteiger partial charge in [0.15, 0.2) is 0 Å². The first-order valence-corrected chi connectivity index (χ1v) is 12.7. The number of ether oxygens (including phenoxy) is 1. The lowest BCUT2D eigenvalue weighted by molar-refractivity contribution is -0.137. The van der Waals surface area contributed by atoms with Gasteiger partial charge in [0.05, 0.1) is 23.8 Å². The maximum Gasteiger partial charge on any atom is 0.417 e. The molecule has 1 atom stereocenters. The number of aromatic hydroxyl groups is 1. The smallest absolute Gasteiger partial charge is 0.417 e. The van der Waals surface area contributed by atoms with Crippen LogP contribution in [0.5, 0.6) is 5.75 Å². The molecule has 3 fully saturated rings. The lowest BCUT2D eigenvalue weighted by Crippen LogP contribution is -2.45. The van der Waals surface area contributed by atoms with Crippen LogP contribution in [-0.4, -0.2) is 49.4 Å². The fourth-order valence-electron chi connectivity index (χ4n) is 5.82. The zero-order valence-electron chi connectivity index (χ0n) is 20.3. The Labute approximate surface area is 210 Å². The summed E-state index contributed by atoms with van der Waals surface area (Å²) in [7, 11) is 0. The van der Waals surface area contributed by atoms with Gasteiger partial charge in [-0.1, -0.05) is 12.1 Å². The van der Waals surface area contributed by atoms with Crippen LogP contribution in [-0.2, 0) is 17.5 Å². The van der Waals surface area contributed by atoms with Gasteiger partial charge < -0.3 is 14.7 Å². The minimum atomic E-state index is -4.57. The third-order valence-corrected chi connectivity index (χ3v) is 8.14. The SMILES string of the molecule is N#Cc1ccc(N2CC(COCC3CC3)C3(CCN(Cc4cccc(O)c4)CC3)C2)cc1C(F)(F)F. The number of halogens is 3. The molecule has 8 heteroatoms. The van der Waals surface area contributed by atoms with Gasteiger partial charge >= 0.3 is 6.18 Å². The summed E-state index contributed by atoms with van der Waals surface area (Å²) < 4.78 is 46.9. The molecule has 1 N–H and O–H groups in total. The third kappa shape index (κ3) is 5.47. The van der Waals surface area contributed by atoms with E-state index in [0.29, 0.717) is 31.3 Å². The van der Waals surface area contributed by atoms with Crippen LogP contribution >= 0.6 is 0 Å². The highest BCUT2D eigenvalue weighted by Gasteiger charge is 2.48. The van der Waals surface area contributed by atoms with Crippen LogP contribution in [0.2, 0.25) is 0 Å². The van der Waals surface area contributed by atoms with Crippen molar-refractivity contribution in [2.45, 2.75) is 38.4 Å². The number of phenols is 1. The maximum atomic E-state index is 13.6.